The van der Waals surface area contributed by atoms with Gasteiger partial charge in [0.05, 0.1) is 6.61 Å². The standard InChI is InChI=1S/C11H14N6O2S/c1-2-19-11(18)8-7-20-6-5-16(8)10-4-3-9-12-14-15-17(9)13-10/h3-4,8H,2,5-7H2,1H3. The van der Waals surface area contributed by atoms with Gasteiger partial charge >= 0.3 is 5.97 Å². The van der Waals surface area contributed by atoms with Crippen LogP contribution in [-0.4, -0.2) is 61.9 Å². The summed E-state index contributed by atoms with van der Waals surface area (Å²) in [4.78, 5) is 14.0. The molecule has 3 heterocycles. The van der Waals surface area contributed by atoms with Gasteiger partial charge in [-0.25, -0.2) is 4.79 Å². The highest BCUT2D eigenvalue weighted by molar-refractivity contribution is 7.99. The second-order valence-electron chi connectivity index (χ2n) is 4.25. The molecule has 0 spiro atoms. The highest BCUT2D eigenvalue weighted by Gasteiger charge is 2.31. The Morgan fingerprint density at radius 1 is 1.55 bits per heavy atom. The lowest BCUT2D eigenvalue weighted by molar-refractivity contribution is -0.144. The molecule has 0 amide bonds. The molecule has 2 aromatic heterocycles. The third-order valence-electron chi connectivity index (χ3n) is 3.04. The minimum absolute atomic E-state index is 0.210. The minimum Gasteiger partial charge on any atom is -0.464 e. The predicted octanol–water partition coefficient (Wildman–Crippen LogP) is 0.00420. The lowest BCUT2D eigenvalue weighted by Crippen LogP contribution is -2.48. The molecule has 1 aliphatic heterocycles. The van der Waals surface area contributed by atoms with Crippen LogP contribution < -0.4 is 4.90 Å². The molecule has 0 saturated carbocycles. The number of esters is 1. The van der Waals surface area contributed by atoms with Crippen LogP contribution in [0.2, 0.25) is 0 Å². The van der Waals surface area contributed by atoms with Crippen molar-refractivity contribution in [1.29, 1.82) is 0 Å². The van der Waals surface area contributed by atoms with E-state index in [0.717, 1.165) is 12.3 Å². The number of anilines is 1. The van der Waals surface area contributed by atoms with Crippen LogP contribution in [0.5, 0.6) is 0 Å². The zero-order valence-corrected chi connectivity index (χ0v) is 11.8. The maximum absolute atomic E-state index is 12.0. The zero-order chi connectivity index (χ0) is 13.9. The second kappa shape index (κ2) is 5.61. The van der Waals surface area contributed by atoms with Gasteiger partial charge in [-0.1, -0.05) is 0 Å². The van der Waals surface area contributed by atoms with Crippen molar-refractivity contribution in [1.82, 2.24) is 25.3 Å². The first kappa shape index (κ1) is 13.1. The summed E-state index contributed by atoms with van der Waals surface area (Å²) in [6.07, 6.45) is 0. The summed E-state index contributed by atoms with van der Waals surface area (Å²) in [5.41, 5.74) is 0.577. The van der Waals surface area contributed by atoms with Crippen molar-refractivity contribution in [2.45, 2.75) is 13.0 Å². The molecule has 106 valence electrons. The number of carbonyl (C=O) groups is 1. The minimum atomic E-state index is -0.310. The quantitative estimate of drug-likeness (QED) is 0.732. The van der Waals surface area contributed by atoms with E-state index in [2.05, 4.69) is 20.6 Å². The smallest absolute Gasteiger partial charge is 0.329 e. The topological polar surface area (TPSA) is 85.5 Å². The van der Waals surface area contributed by atoms with Gasteiger partial charge in [0.25, 0.3) is 0 Å². The van der Waals surface area contributed by atoms with Gasteiger partial charge in [-0.05, 0) is 29.5 Å². The molecule has 8 nitrogen and oxygen atoms in total. The van der Waals surface area contributed by atoms with Crippen molar-refractivity contribution in [3.05, 3.63) is 12.1 Å². The maximum atomic E-state index is 12.0. The molecule has 0 radical (unpaired) electrons. The van der Waals surface area contributed by atoms with E-state index >= 15 is 0 Å². The largest absolute Gasteiger partial charge is 0.464 e. The van der Waals surface area contributed by atoms with Crippen LogP contribution in [0.3, 0.4) is 0 Å². The molecule has 1 saturated heterocycles. The van der Waals surface area contributed by atoms with Gasteiger partial charge in [0.2, 0.25) is 0 Å². The number of hydrogen-bond acceptors (Lipinski definition) is 8. The van der Waals surface area contributed by atoms with Crippen LogP contribution in [0.15, 0.2) is 12.1 Å². The molecule has 1 atom stereocenters. The summed E-state index contributed by atoms with van der Waals surface area (Å²) < 4.78 is 6.50. The molecule has 1 unspecified atom stereocenters. The predicted molar refractivity (Wildman–Crippen MR) is 73.7 cm³/mol. The molecule has 0 aromatic carbocycles. The SMILES string of the molecule is CCOC(=O)C1CSCCN1c1ccc2nnnn2n1. The van der Waals surface area contributed by atoms with Gasteiger partial charge in [-0.15, -0.1) is 14.8 Å². The van der Waals surface area contributed by atoms with E-state index in [-0.39, 0.29) is 12.0 Å². The first-order chi connectivity index (χ1) is 9.79. The third-order valence-corrected chi connectivity index (χ3v) is 4.06. The fourth-order valence-corrected chi connectivity index (χ4v) is 3.14. The Hall–Kier alpha value is -1.90. The average molecular weight is 294 g/mol. The summed E-state index contributed by atoms with van der Waals surface area (Å²) in [5.74, 6) is 2.13. The first-order valence-corrected chi connectivity index (χ1v) is 7.51. The van der Waals surface area contributed by atoms with Crippen LogP contribution in [0.4, 0.5) is 5.82 Å². The van der Waals surface area contributed by atoms with E-state index < -0.39 is 0 Å². The number of hydrogen-bond donors (Lipinski definition) is 0. The van der Waals surface area contributed by atoms with Crippen LogP contribution >= 0.6 is 11.8 Å². The van der Waals surface area contributed by atoms with Gasteiger partial charge < -0.3 is 9.64 Å². The maximum Gasteiger partial charge on any atom is 0.329 e. The van der Waals surface area contributed by atoms with Gasteiger partial charge in [-0.2, -0.15) is 11.8 Å². The number of fused-ring (bicyclic) bond motifs is 1. The third kappa shape index (κ3) is 2.40. The molecule has 2 aromatic rings. The molecular formula is C11H14N6O2S. The van der Waals surface area contributed by atoms with Gasteiger partial charge in [-0.3, -0.25) is 0 Å². The van der Waals surface area contributed by atoms with E-state index in [4.69, 9.17) is 4.74 Å². The summed E-state index contributed by atoms with van der Waals surface area (Å²) in [6.45, 7) is 2.94. The highest BCUT2D eigenvalue weighted by atomic mass is 32.2. The molecular weight excluding hydrogens is 280 g/mol. The van der Waals surface area contributed by atoms with Crippen molar-refractivity contribution >= 4 is 29.2 Å². The summed E-state index contributed by atoms with van der Waals surface area (Å²) in [6, 6.07) is 3.30. The molecule has 1 aliphatic rings. The molecule has 9 heteroatoms. The van der Waals surface area contributed by atoms with Crippen molar-refractivity contribution in [3.63, 3.8) is 0 Å². The second-order valence-corrected chi connectivity index (χ2v) is 5.40. The fraction of sp³-hybridized carbons (Fsp3) is 0.545. The van der Waals surface area contributed by atoms with Crippen LogP contribution in [-0.2, 0) is 9.53 Å². The van der Waals surface area contributed by atoms with Gasteiger partial charge in [0.1, 0.15) is 6.04 Å². The molecule has 20 heavy (non-hydrogen) atoms. The number of rotatable bonds is 3. The molecule has 3 rings (SSSR count). The lowest BCUT2D eigenvalue weighted by atomic mass is 10.2. The Morgan fingerprint density at radius 2 is 2.45 bits per heavy atom. The van der Waals surface area contributed by atoms with E-state index in [1.807, 2.05) is 17.9 Å². The van der Waals surface area contributed by atoms with Gasteiger partial charge in [0, 0.05) is 18.1 Å². The molecule has 0 N–H and O–H groups in total. The Labute approximate surface area is 119 Å². The Morgan fingerprint density at radius 3 is 3.30 bits per heavy atom. The number of tetrazole rings is 1. The highest BCUT2D eigenvalue weighted by Crippen LogP contribution is 2.23. The lowest BCUT2D eigenvalue weighted by Gasteiger charge is -2.34. The van der Waals surface area contributed by atoms with Crippen LogP contribution in [0.1, 0.15) is 6.92 Å². The van der Waals surface area contributed by atoms with Crippen molar-refractivity contribution in [3.8, 4) is 0 Å². The molecule has 0 bridgehead atoms. The van der Waals surface area contributed by atoms with Crippen molar-refractivity contribution in [2.24, 2.45) is 0 Å². The summed E-state index contributed by atoms with van der Waals surface area (Å²) >= 11 is 1.74. The first-order valence-electron chi connectivity index (χ1n) is 6.36. The molecule has 1 fully saturated rings. The monoisotopic (exact) mass is 294 g/mol. The number of nitrogens with zero attached hydrogens (tertiary/aromatic N) is 6. The average Bonchev–Trinajstić information content (AvgIpc) is 2.95. The van der Waals surface area contributed by atoms with E-state index in [9.17, 15) is 4.79 Å². The zero-order valence-electron chi connectivity index (χ0n) is 11.0. The number of ether oxygens (including phenoxy) is 1. The van der Waals surface area contributed by atoms with E-state index in [1.165, 1.54) is 4.63 Å². The van der Waals surface area contributed by atoms with Crippen molar-refractivity contribution < 1.29 is 9.53 Å². The number of carbonyl (C=O) groups excluding carboxylic acids is 1. The fourth-order valence-electron chi connectivity index (χ4n) is 2.11. The Balaban J connectivity index is 1.90. The van der Waals surface area contributed by atoms with E-state index in [0.29, 0.717) is 23.8 Å². The van der Waals surface area contributed by atoms with Crippen molar-refractivity contribution in [2.75, 3.05) is 29.6 Å². The number of thioether (sulfide) groups is 1. The molecule has 0 aliphatic carbocycles. The summed E-state index contributed by atoms with van der Waals surface area (Å²) in [7, 11) is 0. The van der Waals surface area contributed by atoms with Gasteiger partial charge in [0.15, 0.2) is 11.5 Å². The normalized spacial score (nSPS) is 19.2. The number of aromatic nitrogens is 5. The summed E-state index contributed by atoms with van der Waals surface area (Å²) in [5, 5.41) is 15.5. The Bertz CT molecular complexity index is 618. The Kier molecular flexibility index (Phi) is 3.68. The van der Waals surface area contributed by atoms with E-state index in [1.54, 1.807) is 17.8 Å². The van der Waals surface area contributed by atoms with Crippen LogP contribution in [0.25, 0.3) is 5.65 Å². The van der Waals surface area contributed by atoms with Crippen LogP contribution in [0, 0.1) is 0 Å².